The summed E-state index contributed by atoms with van der Waals surface area (Å²) in [7, 11) is 0. The average Bonchev–Trinajstić information content (AvgIpc) is 2.75. The van der Waals surface area contributed by atoms with Gasteiger partial charge in [-0.3, -0.25) is 19.3 Å². The lowest BCUT2D eigenvalue weighted by Crippen LogP contribution is -2.45. The third-order valence-corrected chi connectivity index (χ3v) is 5.25. The van der Waals surface area contributed by atoms with E-state index in [1.807, 2.05) is 18.2 Å². The maximum atomic E-state index is 12.6. The molecular formula is C23H23N3O4. The maximum Gasteiger partial charge on any atom is 0.323 e. The molecule has 0 saturated carbocycles. The fraction of sp³-hybridized carbons (Fsp3) is 0.304. The number of hydrogen-bond donors (Lipinski definition) is 1. The van der Waals surface area contributed by atoms with Crippen molar-refractivity contribution in [2.24, 2.45) is 0 Å². The lowest BCUT2D eigenvalue weighted by molar-refractivity contribution is -0.149. The first-order chi connectivity index (χ1) is 14.4. The number of amides is 2. The van der Waals surface area contributed by atoms with Gasteiger partial charge in [0, 0.05) is 24.4 Å². The monoisotopic (exact) mass is 405 g/mol. The second-order valence-corrected chi connectivity index (χ2v) is 7.25. The van der Waals surface area contributed by atoms with Crippen molar-refractivity contribution in [3.8, 4) is 0 Å². The number of benzene rings is 1. The molecule has 7 nitrogen and oxygen atoms in total. The van der Waals surface area contributed by atoms with Crippen molar-refractivity contribution in [3.05, 3.63) is 70.2 Å². The summed E-state index contributed by atoms with van der Waals surface area (Å²) in [4.78, 5) is 42.0. The lowest BCUT2D eigenvalue weighted by Gasteiger charge is -2.28. The highest BCUT2D eigenvalue weighted by Crippen LogP contribution is 2.26. The number of nitrogens with zero attached hydrogens (tertiary/aromatic N) is 3. The van der Waals surface area contributed by atoms with Crippen LogP contribution in [0, 0.1) is 6.57 Å². The number of allylic oxidation sites excluding steroid dienone is 2. The topological polar surface area (TPSA) is 82.3 Å². The zero-order chi connectivity index (χ0) is 21.7. The fourth-order valence-electron chi connectivity index (χ4n) is 3.62. The van der Waals surface area contributed by atoms with Gasteiger partial charge in [-0.1, -0.05) is 30.4 Å². The van der Waals surface area contributed by atoms with Crippen LogP contribution in [0.25, 0.3) is 10.9 Å². The molecule has 1 N–H and O–H groups in total. The predicted octanol–water partition coefficient (Wildman–Crippen LogP) is 3.26. The van der Waals surface area contributed by atoms with Crippen LogP contribution in [0.1, 0.15) is 31.7 Å². The standard InChI is InChI=1S/C23H23N3O4/c1-16-19(22(29)26(15-20(27)28)23(30)21(16)24-2)8-6-7-17-9-11-18(12-10-17)25-13-4-3-5-14-25/h6-12H,3-5,13-15H2,1H3,(H,27,28)/b7-6+,19-8-. The minimum absolute atomic E-state index is 0.142. The van der Waals surface area contributed by atoms with E-state index >= 15 is 0 Å². The summed E-state index contributed by atoms with van der Waals surface area (Å²) in [6.45, 7) is 10.1. The number of carbonyl (C=O) groups excluding carboxylic acids is 2. The number of anilines is 1. The quantitative estimate of drug-likeness (QED) is 0.462. The Bertz CT molecular complexity index is 990. The second-order valence-electron chi connectivity index (χ2n) is 7.25. The van der Waals surface area contributed by atoms with Gasteiger partial charge < -0.3 is 10.0 Å². The number of carboxylic acid groups (broad SMARTS) is 1. The summed E-state index contributed by atoms with van der Waals surface area (Å²) in [5.41, 5.74) is 2.30. The number of piperidine rings is 1. The Labute approximate surface area is 175 Å². The zero-order valence-electron chi connectivity index (χ0n) is 16.8. The largest absolute Gasteiger partial charge is 0.480 e. The highest BCUT2D eigenvalue weighted by Gasteiger charge is 2.36. The van der Waals surface area contributed by atoms with Crippen LogP contribution >= 0.6 is 0 Å². The number of hydrogen-bond acceptors (Lipinski definition) is 4. The van der Waals surface area contributed by atoms with E-state index in [2.05, 4.69) is 21.9 Å². The number of imide groups is 1. The number of carboxylic acids is 1. The van der Waals surface area contributed by atoms with Crippen molar-refractivity contribution in [2.75, 3.05) is 24.5 Å². The van der Waals surface area contributed by atoms with Gasteiger partial charge in [-0.25, -0.2) is 4.85 Å². The second kappa shape index (κ2) is 9.23. The Hall–Kier alpha value is -3.66. The van der Waals surface area contributed by atoms with Crippen LogP contribution in [0.3, 0.4) is 0 Å². The molecule has 1 fully saturated rings. The lowest BCUT2D eigenvalue weighted by atomic mass is 9.98. The molecule has 0 bridgehead atoms. The van der Waals surface area contributed by atoms with Gasteiger partial charge in [0.1, 0.15) is 6.54 Å². The SMILES string of the molecule is [C-]#[N+]C1=C(C)/C(=C/C=C/c2ccc(N3CCCCC3)cc2)C(=O)N(CC(=O)O)C1=O. The first-order valence-electron chi connectivity index (χ1n) is 9.82. The van der Waals surface area contributed by atoms with Crippen molar-refractivity contribution in [2.45, 2.75) is 26.2 Å². The Kier molecular flexibility index (Phi) is 6.48. The van der Waals surface area contributed by atoms with Crippen LogP contribution in [0.15, 0.2) is 53.3 Å². The summed E-state index contributed by atoms with van der Waals surface area (Å²) < 4.78 is 0. The van der Waals surface area contributed by atoms with Gasteiger partial charge >= 0.3 is 5.97 Å². The summed E-state index contributed by atoms with van der Waals surface area (Å²) in [5.74, 6) is -2.90. The highest BCUT2D eigenvalue weighted by atomic mass is 16.4. The van der Waals surface area contributed by atoms with Crippen molar-refractivity contribution < 1.29 is 19.5 Å². The molecule has 2 heterocycles. The molecule has 0 aliphatic carbocycles. The molecule has 3 rings (SSSR count). The molecule has 0 atom stereocenters. The Balaban J connectivity index is 1.80. The van der Waals surface area contributed by atoms with Gasteiger partial charge in [-0.15, -0.1) is 0 Å². The summed E-state index contributed by atoms with van der Waals surface area (Å²) in [6, 6.07) is 8.13. The predicted molar refractivity (Wildman–Crippen MR) is 113 cm³/mol. The molecule has 1 aromatic rings. The average molecular weight is 405 g/mol. The molecule has 30 heavy (non-hydrogen) atoms. The van der Waals surface area contributed by atoms with Gasteiger partial charge in [0.25, 0.3) is 17.5 Å². The van der Waals surface area contributed by atoms with Crippen LogP contribution in [0.4, 0.5) is 5.69 Å². The maximum absolute atomic E-state index is 12.6. The fourth-order valence-corrected chi connectivity index (χ4v) is 3.62. The third-order valence-electron chi connectivity index (χ3n) is 5.25. The van der Waals surface area contributed by atoms with Crippen LogP contribution in [0.2, 0.25) is 0 Å². The minimum atomic E-state index is -1.32. The van der Waals surface area contributed by atoms with Gasteiger partial charge in [-0.05, 0) is 49.5 Å². The third kappa shape index (κ3) is 4.49. The van der Waals surface area contributed by atoms with Gasteiger partial charge in [0.2, 0.25) is 0 Å². The van der Waals surface area contributed by atoms with E-state index in [1.54, 1.807) is 6.08 Å². The molecule has 2 aliphatic heterocycles. The smallest absolute Gasteiger partial charge is 0.323 e. The van der Waals surface area contributed by atoms with E-state index < -0.39 is 24.3 Å². The molecular weight excluding hydrogens is 382 g/mol. The van der Waals surface area contributed by atoms with E-state index in [9.17, 15) is 14.4 Å². The molecule has 154 valence electrons. The van der Waals surface area contributed by atoms with Gasteiger partial charge in [0.15, 0.2) is 0 Å². The zero-order valence-corrected chi connectivity index (χ0v) is 16.8. The van der Waals surface area contributed by atoms with Crippen molar-refractivity contribution in [3.63, 3.8) is 0 Å². The summed E-state index contributed by atoms with van der Waals surface area (Å²) >= 11 is 0. The van der Waals surface area contributed by atoms with E-state index in [0.717, 1.165) is 18.7 Å². The Morgan fingerprint density at radius 3 is 2.40 bits per heavy atom. The highest BCUT2D eigenvalue weighted by molar-refractivity contribution is 6.18. The van der Waals surface area contributed by atoms with Crippen LogP contribution in [-0.4, -0.2) is 47.4 Å². The molecule has 1 saturated heterocycles. The van der Waals surface area contributed by atoms with Gasteiger partial charge in [-0.2, -0.15) is 0 Å². The summed E-state index contributed by atoms with van der Waals surface area (Å²) in [5, 5.41) is 8.98. The number of carbonyl (C=O) groups is 3. The summed E-state index contributed by atoms with van der Waals surface area (Å²) in [6.07, 6.45) is 8.71. The minimum Gasteiger partial charge on any atom is -0.480 e. The van der Waals surface area contributed by atoms with Crippen molar-refractivity contribution >= 4 is 29.5 Å². The molecule has 0 spiro atoms. The Morgan fingerprint density at radius 1 is 1.13 bits per heavy atom. The molecule has 2 amide bonds. The van der Waals surface area contributed by atoms with E-state index in [1.165, 1.54) is 37.9 Å². The van der Waals surface area contributed by atoms with Crippen LogP contribution in [0.5, 0.6) is 0 Å². The van der Waals surface area contributed by atoms with E-state index in [-0.39, 0.29) is 16.8 Å². The molecule has 2 aliphatic rings. The van der Waals surface area contributed by atoms with Crippen molar-refractivity contribution in [1.82, 2.24) is 4.90 Å². The van der Waals surface area contributed by atoms with Crippen molar-refractivity contribution in [1.29, 1.82) is 0 Å². The molecule has 0 aromatic heterocycles. The number of aliphatic carboxylic acids is 1. The van der Waals surface area contributed by atoms with Crippen LogP contribution < -0.4 is 4.90 Å². The first-order valence-corrected chi connectivity index (χ1v) is 9.82. The Morgan fingerprint density at radius 2 is 1.80 bits per heavy atom. The molecule has 0 unspecified atom stereocenters. The molecule has 0 radical (unpaired) electrons. The van der Waals surface area contributed by atoms with E-state index in [4.69, 9.17) is 11.7 Å². The number of rotatable bonds is 5. The van der Waals surface area contributed by atoms with E-state index in [0.29, 0.717) is 4.90 Å². The first kappa shape index (κ1) is 21.1. The molecule has 1 aromatic carbocycles. The van der Waals surface area contributed by atoms with Gasteiger partial charge in [0.05, 0.1) is 6.57 Å². The van der Waals surface area contributed by atoms with Crippen LogP contribution in [-0.2, 0) is 14.4 Å². The normalized spacial score (nSPS) is 19.0. The molecule has 7 heteroatoms.